The van der Waals surface area contributed by atoms with Crippen molar-refractivity contribution < 1.29 is 4.79 Å². The fourth-order valence-corrected chi connectivity index (χ4v) is 3.44. The van der Waals surface area contributed by atoms with Gasteiger partial charge in [0.25, 0.3) is 0 Å². The van der Waals surface area contributed by atoms with E-state index in [9.17, 15) is 4.79 Å². The molecule has 0 radical (unpaired) electrons. The van der Waals surface area contributed by atoms with Crippen LogP contribution in [0.1, 0.15) is 43.6 Å². The normalized spacial score (nSPS) is 26.1. The van der Waals surface area contributed by atoms with Crippen LogP contribution in [0.5, 0.6) is 0 Å². The average Bonchev–Trinajstić information content (AvgIpc) is 3.17. The summed E-state index contributed by atoms with van der Waals surface area (Å²) in [7, 11) is 0. The molecule has 2 atom stereocenters. The van der Waals surface area contributed by atoms with E-state index >= 15 is 0 Å². The Morgan fingerprint density at radius 2 is 2.10 bits per heavy atom. The van der Waals surface area contributed by atoms with Crippen molar-refractivity contribution in [2.75, 3.05) is 19.6 Å². The summed E-state index contributed by atoms with van der Waals surface area (Å²) in [6.45, 7) is 2.95. The van der Waals surface area contributed by atoms with Gasteiger partial charge in [0.15, 0.2) is 0 Å². The number of likely N-dealkylation sites (tertiary alicyclic amines) is 1. The number of hydrogen-bond donors (Lipinski definition) is 1. The Kier molecular flexibility index (Phi) is 4.36. The van der Waals surface area contributed by atoms with Crippen molar-refractivity contribution in [3.63, 3.8) is 0 Å². The fraction of sp³-hybridized carbons (Fsp3) is 0.588. The lowest BCUT2D eigenvalue weighted by atomic mass is 9.99. The second-order valence-corrected chi connectivity index (χ2v) is 6.07. The zero-order valence-electron chi connectivity index (χ0n) is 12.1. The number of rotatable bonds is 4. The largest absolute Gasteiger partial charge is 0.342 e. The van der Waals surface area contributed by atoms with Crippen LogP contribution in [-0.2, 0) is 4.79 Å². The van der Waals surface area contributed by atoms with Gasteiger partial charge in [-0.15, -0.1) is 0 Å². The van der Waals surface area contributed by atoms with Gasteiger partial charge in [0.05, 0.1) is 0 Å². The average molecular weight is 272 g/mol. The van der Waals surface area contributed by atoms with E-state index in [1.807, 2.05) is 0 Å². The molecule has 1 aromatic rings. The van der Waals surface area contributed by atoms with Gasteiger partial charge < -0.3 is 10.2 Å². The van der Waals surface area contributed by atoms with Crippen LogP contribution in [0.3, 0.4) is 0 Å². The van der Waals surface area contributed by atoms with E-state index in [4.69, 9.17) is 0 Å². The van der Waals surface area contributed by atoms with Crippen LogP contribution in [0.15, 0.2) is 30.3 Å². The lowest BCUT2D eigenvalue weighted by Gasteiger charge is -2.18. The molecule has 2 heterocycles. The number of benzene rings is 1. The third-order valence-corrected chi connectivity index (χ3v) is 4.68. The Morgan fingerprint density at radius 3 is 2.85 bits per heavy atom. The maximum atomic E-state index is 12.3. The van der Waals surface area contributed by atoms with Crippen LogP contribution in [-0.4, -0.2) is 36.5 Å². The minimum atomic E-state index is 0.345. The lowest BCUT2D eigenvalue weighted by Crippen LogP contribution is -2.30. The van der Waals surface area contributed by atoms with Crippen molar-refractivity contribution in [1.29, 1.82) is 0 Å². The topological polar surface area (TPSA) is 32.3 Å². The summed E-state index contributed by atoms with van der Waals surface area (Å²) in [4.78, 5) is 14.3. The first kappa shape index (κ1) is 13.6. The van der Waals surface area contributed by atoms with Gasteiger partial charge in [0.2, 0.25) is 5.91 Å². The molecule has 2 aliphatic rings. The Balaban J connectivity index is 1.48. The summed E-state index contributed by atoms with van der Waals surface area (Å²) in [6.07, 6.45) is 5.32. The molecule has 0 saturated carbocycles. The van der Waals surface area contributed by atoms with Gasteiger partial charge in [-0.25, -0.2) is 0 Å². The number of nitrogens with one attached hydrogen (secondary N) is 1. The van der Waals surface area contributed by atoms with Crippen molar-refractivity contribution in [3.05, 3.63) is 35.9 Å². The Bertz CT molecular complexity index is 440. The quantitative estimate of drug-likeness (QED) is 0.913. The second-order valence-electron chi connectivity index (χ2n) is 6.07. The van der Waals surface area contributed by atoms with Gasteiger partial charge in [0.1, 0.15) is 0 Å². The van der Waals surface area contributed by atoms with E-state index in [1.165, 1.54) is 18.4 Å². The summed E-state index contributed by atoms with van der Waals surface area (Å²) < 4.78 is 0. The molecule has 1 amide bonds. The summed E-state index contributed by atoms with van der Waals surface area (Å²) in [5, 5.41) is 3.47. The third-order valence-electron chi connectivity index (χ3n) is 4.68. The molecule has 3 nitrogen and oxygen atoms in total. The van der Waals surface area contributed by atoms with E-state index in [0.717, 1.165) is 32.5 Å². The van der Waals surface area contributed by atoms with Gasteiger partial charge in [-0.2, -0.15) is 0 Å². The number of nitrogens with zero attached hydrogens (tertiary/aromatic N) is 1. The highest BCUT2D eigenvalue weighted by atomic mass is 16.2. The third kappa shape index (κ3) is 3.21. The molecule has 2 fully saturated rings. The van der Waals surface area contributed by atoms with Gasteiger partial charge in [-0.05, 0) is 37.8 Å². The van der Waals surface area contributed by atoms with E-state index in [0.29, 0.717) is 24.3 Å². The molecule has 0 aliphatic carbocycles. The molecule has 0 aromatic heterocycles. The second kappa shape index (κ2) is 6.40. The highest BCUT2D eigenvalue weighted by molar-refractivity contribution is 5.76. The summed E-state index contributed by atoms with van der Waals surface area (Å²) in [5.74, 6) is 0.877. The van der Waals surface area contributed by atoms with Crippen molar-refractivity contribution in [2.45, 2.75) is 44.1 Å². The smallest absolute Gasteiger partial charge is 0.222 e. The molecular formula is C17H24N2O. The summed E-state index contributed by atoms with van der Waals surface area (Å²) >= 11 is 0. The maximum Gasteiger partial charge on any atom is 0.222 e. The van der Waals surface area contributed by atoms with Gasteiger partial charge in [-0.1, -0.05) is 30.3 Å². The lowest BCUT2D eigenvalue weighted by molar-refractivity contribution is -0.130. The van der Waals surface area contributed by atoms with Crippen LogP contribution in [0, 0.1) is 0 Å². The predicted octanol–water partition coefficient (Wildman–Crippen LogP) is 2.53. The first-order valence-corrected chi connectivity index (χ1v) is 7.89. The molecule has 3 rings (SSSR count). The molecule has 108 valence electrons. The predicted molar refractivity (Wildman–Crippen MR) is 80.6 cm³/mol. The number of amides is 1. The van der Waals surface area contributed by atoms with E-state index < -0.39 is 0 Å². The van der Waals surface area contributed by atoms with E-state index in [1.54, 1.807) is 0 Å². The fourth-order valence-electron chi connectivity index (χ4n) is 3.44. The van der Waals surface area contributed by atoms with Crippen molar-refractivity contribution in [1.82, 2.24) is 10.2 Å². The number of carbonyl (C=O) groups excluding carboxylic acids is 1. The zero-order valence-corrected chi connectivity index (χ0v) is 12.1. The van der Waals surface area contributed by atoms with Crippen LogP contribution >= 0.6 is 0 Å². The van der Waals surface area contributed by atoms with Gasteiger partial charge in [0, 0.05) is 31.5 Å². The molecule has 2 saturated heterocycles. The molecule has 1 aromatic carbocycles. The minimum absolute atomic E-state index is 0.345. The minimum Gasteiger partial charge on any atom is -0.342 e. The van der Waals surface area contributed by atoms with Crippen LogP contribution < -0.4 is 5.32 Å². The highest BCUT2D eigenvalue weighted by Gasteiger charge is 2.27. The van der Waals surface area contributed by atoms with Crippen molar-refractivity contribution in [2.24, 2.45) is 0 Å². The van der Waals surface area contributed by atoms with E-state index in [2.05, 4.69) is 40.5 Å². The zero-order chi connectivity index (χ0) is 13.8. The summed E-state index contributed by atoms with van der Waals surface area (Å²) in [5.41, 5.74) is 1.38. The molecule has 2 unspecified atom stereocenters. The Hall–Kier alpha value is -1.35. The van der Waals surface area contributed by atoms with Crippen LogP contribution in [0.2, 0.25) is 0 Å². The number of carbonyl (C=O) groups is 1. The van der Waals surface area contributed by atoms with Crippen LogP contribution in [0.25, 0.3) is 0 Å². The SMILES string of the molecule is O=C(CCC1CCCN1)N1CCC(c2ccccc2)C1. The molecular weight excluding hydrogens is 248 g/mol. The van der Waals surface area contributed by atoms with Gasteiger partial charge >= 0.3 is 0 Å². The molecule has 0 bridgehead atoms. The molecule has 3 heteroatoms. The Morgan fingerprint density at radius 1 is 1.25 bits per heavy atom. The first-order chi connectivity index (χ1) is 9.83. The Labute approximate surface area is 121 Å². The number of hydrogen-bond acceptors (Lipinski definition) is 2. The molecule has 1 N–H and O–H groups in total. The summed E-state index contributed by atoms with van der Waals surface area (Å²) in [6, 6.07) is 11.2. The van der Waals surface area contributed by atoms with Crippen molar-refractivity contribution >= 4 is 5.91 Å². The molecule has 2 aliphatic heterocycles. The molecule has 20 heavy (non-hydrogen) atoms. The van der Waals surface area contributed by atoms with E-state index in [-0.39, 0.29) is 0 Å². The van der Waals surface area contributed by atoms with Crippen molar-refractivity contribution in [3.8, 4) is 0 Å². The maximum absolute atomic E-state index is 12.3. The van der Waals surface area contributed by atoms with Crippen LogP contribution in [0.4, 0.5) is 0 Å². The highest BCUT2D eigenvalue weighted by Crippen LogP contribution is 2.27. The van der Waals surface area contributed by atoms with Gasteiger partial charge in [-0.3, -0.25) is 4.79 Å². The monoisotopic (exact) mass is 272 g/mol. The first-order valence-electron chi connectivity index (χ1n) is 7.89. The molecule has 0 spiro atoms. The standard InChI is InChI=1S/C17H24N2O/c20-17(9-8-16-7-4-11-18-16)19-12-10-15(13-19)14-5-2-1-3-6-14/h1-3,5-6,15-16,18H,4,7-13H2.